The first kappa shape index (κ1) is 13.1. The van der Waals surface area contributed by atoms with Crippen LogP contribution in [0.2, 0.25) is 0 Å². The van der Waals surface area contributed by atoms with Crippen molar-refractivity contribution in [2.75, 3.05) is 6.54 Å². The lowest BCUT2D eigenvalue weighted by Gasteiger charge is -2.14. The quantitative estimate of drug-likeness (QED) is 0.916. The normalized spacial score (nSPS) is 15.2. The monoisotopic (exact) mass is 282 g/mol. The Morgan fingerprint density at radius 3 is 2.65 bits per heavy atom. The number of nitrogens with one attached hydrogen (secondary N) is 1. The van der Waals surface area contributed by atoms with Crippen molar-refractivity contribution in [2.45, 2.75) is 25.7 Å². The summed E-state index contributed by atoms with van der Waals surface area (Å²) in [4.78, 5) is 0. The zero-order valence-corrected chi connectivity index (χ0v) is 10.6. The first-order valence-electron chi connectivity index (χ1n) is 6.32. The summed E-state index contributed by atoms with van der Waals surface area (Å²) in [5.41, 5.74) is 2.12. The Labute approximate surface area is 113 Å². The van der Waals surface area contributed by atoms with E-state index < -0.39 is 11.7 Å². The van der Waals surface area contributed by atoms with Crippen molar-refractivity contribution < 1.29 is 13.2 Å². The molecular weight excluding hydrogens is 269 g/mol. The zero-order valence-electron chi connectivity index (χ0n) is 10.6. The number of benzene rings is 1. The van der Waals surface area contributed by atoms with Gasteiger partial charge in [-0.15, -0.1) is 5.10 Å². The van der Waals surface area contributed by atoms with Crippen LogP contribution < -0.4 is 5.32 Å². The molecule has 2 heterocycles. The summed E-state index contributed by atoms with van der Waals surface area (Å²) in [6, 6.07) is 5.15. The van der Waals surface area contributed by atoms with Crippen LogP contribution in [0.5, 0.6) is 0 Å². The van der Waals surface area contributed by atoms with Crippen LogP contribution in [0.4, 0.5) is 13.2 Å². The van der Waals surface area contributed by atoms with Crippen molar-refractivity contribution in [3.05, 3.63) is 46.8 Å². The van der Waals surface area contributed by atoms with Gasteiger partial charge in [0.05, 0.1) is 23.5 Å². The number of alkyl halides is 3. The third kappa shape index (κ3) is 2.53. The molecule has 20 heavy (non-hydrogen) atoms. The summed E-state index contributed by atoms with van der Waals surface area (Å²) < 4.78 is 39.2. The molecule has 0 fully saturated rings. The van der Waals surface area contributed by atoms with E-state index in [-0.39, 0.29) is 0 Å². The SMILES string of the molecule is FC(F)(F)c1ccc(Cn2nnc3c2CNCC3)cc1. The second-order valence-electron chi connectivity index (χ2n) is 4.76. The molecule has 0 amide bonds. The van der Waals surface area contributed by atoms with Crippen LogP contribution in [0.15, 0.2) is 24.3 Å². The van der Waals surface area contributed by atoms with E-state index in [9.17, 15) is 13.2 Å². The van der Waals surface area contributed by atoms with Gasteiger partial charge < -0.3 is 5.32 Å². The summed E-state index contributed by atoms with van der Waals surface area (Å²) in [7, 11) is 0. The Morgan fingerprint density at radius 1 is 1.20 bits per heavy atom. The van der Waals surface area contributed by atoms with Gasteiger partial charge in [0, 0.05) is 19.5 Å². The molecule has 0 bridgehead atoms. The third-order valence-electron chi connectivity index (χ3n) is 3.36. The first-order valence-corrected chi connectivity index (χ1v) is 6.32. The molecule has 1 aliphatic rings. The van der Waals surface area contributed by atoms with Crippen molar-refractivity contribution in [1.29, 1.82) is 0 Å². The molecule has 4 nitrogen and oxygen atoms in total. The van der Waals surface area contributed by atoms with Gasteiger partial charge in [-0.1, -0.05) is 17.3 Å². The molecular formula is C13H13F3N4. The van der Waals surface area contributed by atoms with E-state index in [1.54, 1.807) is 4.68 Å². The van der Waals surface area contributed by atoms with Crippen molar-refractivity contribution in [3.63, 3.8) is 0 Å². The summed E-state index contributed by atoms with van der Waals surface area (Å²) in [6.45, 7) is 2.01. The van der Waals surface area contributed by atoms with Crippen molar-refractivity contribution in [1.82, 2.24) is 20.3 Å². The van der Waals surface area contributed by atoms with Crippen molar-refractivity contribution in [3.8, 4) is 0 Å². The number of nitrogens with zero attached hydrogens (tertiary/aromatic N) is 3. The fourth-order valence-corrected chi connectivity index (χ4v) is 2.27. The first-order chi connectivity index (χ1) is 9.54. The van der Waals surface area contributed by atoms with Gasteiger partial charge in [0.1, 0.15) is 0 Å². The molecule has 1 aromatic heterocycles. The highest BCUT2D eigenvalue weighted by Crippen LogP contribution is 2.29. The molecule has 106 valence electrons. The minimum atomic E-state index is -4.30. The Bertz CT molecular complexity index is 601. The van der Waals surface area contributed by atoms with E-state index in [0.29, 0.717) is 13.1 Å². The van der Waals surface area contributed by atoms with Crippen LogP contribution in [0.1, 0.15) is 22.5 Å². The van der Waals surface area contributed by atoms with Crippen LogP contribution in [-0.4, -0.2) is 21.5 Å². The number of aromatic nitrogens is 3. The average molecular weight is 282 g/mol. The number of fused-ring (bicyclic) bond motifs is 1. The predicted octanol–water partition coefficient (Wildman–Crippen LogP) is 1.99. The van der Waals surface area contributed by atoms with E-state index in [4.69, 9.17) is 0 Å². The molecule has 1 aromatic carbocycles. The van der Waals surface area contributed by atoms with E-state index in [1.807, 2.05) is 0 Å². The third-order valence-corrected chi connectivity index (χ3v) is 3.36. The summed E-state index contributed by atoms with van der Waals surface area (Å²) in [5, 5.41) is 11.4. The van der Waals surface area contributed by atoms with Crippen molar-refractivity contribution in [2.24, 2.45) is 0 Å². The Kier molecular flexibility index (Phi) is 3.21. The predicted molar refractivity (Wildman–Crippen MR) is 66.0 cm³/mol. The lowest BCUT2D eigenvalue weighted by atomic mass is 10.1. The molecule has 1 N–H and O–H groups in total. The summed E-state index contributed by atoms with van der Waals surface area (Å²) >= 11 is 0. The van der Waals surface area contributed by atoms with Gasteiger partial charge in [0.25, 0.3) is 0 Å². The van der Waals surface area contributed by atoms with E-state index in [1.165, 1.54) is 12.1 Å². The molecule has 3 rings (SSSR count). The van der Waals surface area contributed by atoms with E-state index in [2.05, 4.69) is 15.6 Å². The Hall–Kier alpha value is -1.89. The van der Waals surface area contributed by atoms with Gasteiger partial charge >= 0.3 is 6.18 Å². The van der Waals surface area contributed by atoms with Gasteiger partial charge in [0.2, 0.25) is 0 Å². The van der Waals surface area contributed by atoms with Gasteiger partial charge in [-0.3, -0.25) is 0 Å². The fourth-order valence-electron chi connectivity index (χ4n) is 2.27. The van der Waals surface area contributed by atoms with Crippen LogP contribution in [0.3, 0.4) is 0 Å². The maximum Gasteiger partial charge on any atom is 0.416 e. The molecule has 0 radical (unpaired) electrons. The van der Waals surface area contributed by atoms with Gasteiger partial charge in [-0.25, -0.2) is 4.68 Å². The molecule has 7 heteroatoms. The number of halogens is 3. The highest BCUT2D eigenvalue weighted by atomic mass is 19.4. The molecule has 0 atom stereocenters. The number of rotatable bonds is 2. The molecule has 0 saturated heterocycles. The maximum atomic E-state index is 12.5. The summed E-state index contributed by atoms with van der Waals surface area (Å²) in [6.07, 6.45) is -3.46. The highest BCUT2D eigenvalue weighted by molar-refractivity contribution is 5.25. The molecule has 0 spiro atoms. The van der Waals surface area contributed by atoms with Crippen LogP contribution in [0.25, 0.3) is 0 Å². The molecule has 1 aliphatic heterocycles. The largest absolute Gasteiger partial charge is 0.416 e. The fraction of sp³-hybridized carbons (Fsp3) is 0.385. The minimum absolute atomic E-state index is 0.433. The van der Waals surface area contributed by atoms with Gasteiger partial charge in [-0.2, -0.15) is 13.2 Å². The molecule has 0 aliphatic carbocycles. The Morgan fingerprint density at radius 2 is 1.95 bits per heavy atom. The van der Waals surface area contributed by atoms with Crippen molar-refractivity contribution >= 4 is 0 Å². The average Bonchev–Trinajstić information content (AvgIpc) is 2.82. The molecule has 0 saturated carbocycles. The summed E-state index contributed by atoms with van der Waals surface area (Å²) in [5.74, 6) is 0. The lowest BCUT2D eigenvalue weighted by Crippen LogP contribution is -2.25. The zero-order chi connectivity index (χ0) is 14.2. The van der Waals surface area contributed by atoms with Gasteiger partial charge in [-0.05, 0) is 17.7 Å². The standard InChI is InChI=1S/C13H13F3N4/c14-13(15,16)10-3-1-9(2-4-10)8-20-12-7-17-6-5-11(12)18-19-20/h1-4,17H,5-8H2. The number of hydrogen-bond donors (Lipinski definition) is 1. The second-order valence-corrected chi connectivity index (χ2v) is 4.76. The Balaban J connectivity index is 1.80. The van der Waals surface area contributed by atoms with Gasteiger partial charge in [0.15, 0.2) is 0 Å². The molecule has 0 unspecified atom stereocenters. The minimum Gasteiger partial charge on any atom is -0.311 e. The van der Waals surface area contributed by atoms with E-state index >= 15 is 0 Å². The smallest absolute Gasteiger partial charge is 0.311 e. The molecule has 2 aromatic rings. The highest BCUT2D eigenvalue weighted by Gasteiger charge is 2.30. The number of hydrogen-bond acceptors (Lipinski definition) is 3. The van der Waals surface area contributed by atoms with E-state index in [0.717, 1.165) is 42.0 Å². The lowest BCUT2D eigenvalue weighted by molar-refractivity contribution is -0.137. The van der Waals surface area contributed by atoms with Crippen LogP contribution >= 0.6 is 0 Å². The topological polar surface area (TPSA) is 42.7 Å². The van der Waals surface area contributed by atoms with Crippen LogP contribution in [-0.2, 0) is 25.7 Å². The second kappa shape index (κ2) is 4.90. The maximum absolute atomic E-state index is 12.5. The van der Waals surface area contributed by atoms with Crippen LogP contribution in [0, 0.1) is 0 Å².